The molecule has 2 aromatic heterocycles. The summed E-state index contributed by atoms with van der Waals surface area (Å²) in [7, 11) is 1.79. The number of nitrogens with one attached hydrogen (secondary N) is 2. The van der Waals surface area contributed by atoms with E-state index in [1.54, 1.807) is 24.1 Å². The zero-order valence-electron chi connectivity index (χ0n) is 14.6. The fourth-order valence-electron chi connectivity index (χ4n) is 3.22. The van der Waals surface area contributed by atoms with Crippen LogP contribution in [-0.4, -0.2) is 34.9 Å². The molecule has 0 unspecified atom stereocenters. The molecule has 1 aromatic carbocycles. The Morgan fingerprint density at radius 3 is 2.85 bits per heavy atom. The Morgan fingerprint density at radius 2 is 2.08 bits per heavy atom. The van der Waals surface area contributed by atoms with Crippen LogP contribution >= 0.6 is 0 Å². The van der Waals surface area contributed by atoms with Gasteiger partial charge in [-0.3, -0.25) is 10.00 Å². The lowest BCUT2D eigenvalue weighted by molar-refractivity contribution is 0.249. The highest BCUT2D eigenvalue weighted by Gasteiger charge is 2.24. The molecular formula is C19H21N5O2. The standard InChI is InChI=1S/C19H21N5O2/c1-23-18(12-16(22-23)17-8-5-11-26-17)21-19(25)20-14-9-10-24(13-14)15-6-3-2-4-7-15/h2-8,11-12,14H,9-10,13H2,1H3,(H2,20,21,25)/t14-/m0/s1. The Bertz CT molecular complexity index is 873. The molecule has 1 aliphatic heterocycles. The number of benzene rings is 1. The van der Waals surface area contributed by atoms with E-state index in [2.05, 4.69) is 32.8 Å². The summed E-state index contributed by atoms with van der Waals surface area (Å²) in [4.78, 5) is 14.6. The first kappa shape index (κ1) is 16.3. The van der Waals surface area contributed by atoms with Gasteiger partial charge in [0, 0.05) is 37.9 Å². The Balaban J connectivity index is 1.35. The van der Waals surface area contributed by atoms with E-state index in [0.29, 0.717) is 17.3 Å². The minimum Gasteiger partial charge on any atom is -0.463 e. The van der Waals surface area contributed by atoms with E-state index in [1.165, 1.54) is 5.69 Å². The summed E-state index contributed by atoms with van der Waals surface area (Å²) in [5, 5.41) is 10.3. The van der Waals surface area contributed by atoms with Crippen molar-refractivity contribution < 1.29 is 9.21 Å². The minimum absolute atomic E-state index is 0.118. The summed E-state index contributed by atoms with van der Waals surface area (Å²) in [6, 6.07) is 15.6. The SMILES string of the molecule is Cn1nc(-c2ccco2)cc1NC(=O)N[C@H]1CCN(c2ccccc2)C1. The monoisotopic (exact) mass is 351 g/mol. The van der Waals surface area contributed by atoms with Gasteiger partial charge in [0.15, 0.2) is 5.76 Å². The van der Waals surface area contributed by atoms with Crippen molar-refractivity contribution in [2.75, 3.05) is 23.3 Å². The highest BCUT2D eigenvalue weighted by molar-refractivity contribution is 5.89. The number of furan rings is 1. The maximum Gasteiger partial charge on any atom is 0.320 e. The number of aromatic nitrogens is 2. The molecule has 3 aromatic rings. The number of para-hydroxylation sites is 1. The van der Waals surface area contributed by atoms with Gasteiger partial charge in [-0.15, -0.1) is 0 Å². The molecule has 0 spiro atoms. The first-order valence-corrected chi connectivity index (χ1v) is 8.64. The number of carbonyl (C=O) groups is 1. The average Bonchev–Trinajstić information content (AvgIpc) is 3.38. The van der Waals surface area contributed by atoms with E-state index in [-0.39, 0.29) is 12.1 Å². The first-order chi connectivity index (χ1) is 12.7. The molecule has 1 aliphatic rings. The van der Waals surface area contributed by atoms with E-state index in [4.69, 9.17) is 4.42 Å². The number of hydrogen-bond donors (Lipinski definition) is 2. The number of amides is 2. The van der Waals surface area contributed by atoms with Crippen LogP contribution in [0.15, 0.2) is 59.2 Å². The molecule has 4 rings (SSSR count). The van der Waals surface area contributed by atoms with E-state index in [0.717, 1.165) is 19.5 Å². The summed E-state index contributed by atoms with van der Waals surface area (Å²) < 4.78 is 6.97. The van der Waals surface area contributed by atoms with Crippen LogP contribution in [0.25, 0.3) is 11.5 Å². The van der Waals surface area contributed by atoms with Gasteiger partial charge >= 0.3 is 6.03 Å². The molecule has 3 heterocycles. The van der Waals surface area contributed by atoms with E-state index >= 15 is 0 Å². The van der Waals surface area contributed by atoms with Gasteiger partial charge < -0.3 is 14.6 Å². The Kier molecular flexibility index (Phi) is 4.35. The normalized spacial score (nSPS) is 16.7. The highest BCUT2D eigenvalue weighted by Crippen LogP contribution is 2.22. The Hall–Kier alpha value is -3.22. The molecule has 134 valence electrons. The lowest BCUT2D eigenvalue weighted by Gasteiger charge is -2.19. The van der Waals surface area contributed by atoms with Crippen LogP contribution in [-0.2, 0) is 7.05 Å². The molecule has 1 fully saturated rings. The fraction of sp³-hybridized carbons (Fsp3) is 0.263. The summed E-state index contributed by atoms with van der Waals surface area (Å²) in [5.41, 5.74) is 1.87. The van der Waals surface area contributed by atoms with Gasteiger partial charge in [0.1, 0.15) is 11.5 Å². The van der Waals surface area contributed by atoms with Gasteiger partial charge in [-0.2, -0.15) is 5.10 Å². The first-order valence-electron chi connectivity index (χ1n) is 8.64. The lowest BCUT2D eigenvalue weighted by atomic mass is 10.3. The second-order valence-corrected chi connectivity index (χ2v) is 6.38. The Labute approximate surface area is 151 Å². The molecule has 0 aliphatic carbocycles. The van der Waals surface area contributed by atoms with Gasteiger partial charge in [0.2, 0.25) is 0 Å². The largest absolute Gasteiger partial charge is 0.463 e. The van der Waals surface area contributed by atoms with Crippen molar-refractivity contribution in [3.8, 4) is 11.5 Å². The van der Waals surface area contributed by atoms with Gasteiger partial charge in [0.25, 0.3) is 0 Å². The molecule has 0 saturated carbocycles. The lowest BCUT2D eigenvalue weighted by Crippen LogP contribution is -2.40. The molecule has 1 saturated heterocycles. The van der Waals surface area contributed by atoms with Crippen molar-refractivity contribution in [2.45, 2.75) is 12.5 Å². The smallest absolute Gasteiger partial charge is 0.320 e. The number of hydrogen-bond acceptors (Lipinski definition) is 4. The maximum atomic E-state index is 12.4. The second-order valence-electron chi connectivity index (χ2n) is 6.38. The summed E-state index contributed by atoms with van der Waals surface area (Å²) >= 11 is 0. The predicted octanol–water partition coefficient (Wildman–Crippen LogP) is 3.08. The van der Waals surface area contributed by atoms with Crippen molar-refractivity contribution in [1.29, 1.82) is 0 Å². The van der Waals surface area contributed by atoms with Gasteiger partial charge in [0.05, 0.1) is 6.26 Å². The second kappa shape index (κ2) is 6.95. The summed E-state index contributed by atoms with van der Waals surface area (Å²) in [6.07, 6.45) is 2.52. The van der Waals surface area contributed by atoms with Crippen molar-refractivity contribution in [3.63, 3.8) is 0 Å². The highest BCUT2D eigenvalue weighted by atomic mass is 16.3. The molecular weight excluding hydrogens is 330 g/mol. The molecule has 0 radical (unpaired) electrons. The number of aryl methyl sites for hydroxylation is 1. The number of rotatable bonds is 4. The molecule has 2 N–H and O–H groups in total. The zero-order chi connectivity index (χ0) is 17.9. The minimum atomic E-state index is -0.223. The van der Waals surface area contributed by atoms with Gasteiger partial charge in [-0.1, -0.05) is 18.2 Å². The number of nitrogens with zero attached hydrogens (tertiary/aromatic N) is 3. The predicted molar refractivity (Wildman–Crippen MR) is 100 cm³/mol. The van der Waals surface area contributed by atoms with Crippen LogP contribution in [0.1, 0.15) is 6.42 Å². The average molecular weight is 351 g/mol. The quantitative estimate of drug-likeness (QED) is 0.757. The van der Waals surface area contributed by atoms with Crippen molar-refractivity contribution in [2.24, 2.45) is 7.05 Å². The molecule has 1 atom stereocenters. The van der Waals surface area contributed by atoms with Gasteiger partial charge in [-0.25, -0.2) is 4.79 Å². The Morgan fingerprint density at radius 1 is 1.23 bits per heavy atom. The van der Waals surface area contributed by atoms with Gasteiger partial charge in [-0.05, 0) is 30.7 Å². The number of urea groups is 1. The van der Waals surface area contributed by atoms with Crippen LogP contribution in [0.5, 0.6) is 0 Å². The molecule has 7 heteroatoms. The van der Waals surface area contributed by atoms with Crippen molar-refractivity contribution in [1.82, 2.24) is 15.1 Å². The summed E-state index contributed by atoms with van der Waals surface area (Å²) in [5.74, 6) is 1.29. The third kappa shape index (κ3) is 3.42. The van der Waals surface area contributed by atoms with Crippen LogP contribution in [0, 0.1) is 0 Å². The third-order valence-corrected chi connectivity index (χ3v) is 4.54. The fourth-order valence-corrected chi connectivity index (χ4v) is 3.22. The molecule has 2 amide bonds. The van der Waals surface area contributed by atoms with Crippen LogP contribution in [0.3, 0.4) is 0 Å². The van der Waals surface area contributed by atoms with Crippen LogP contribution in [0.2, 0.25) is 0 Å². The number of anilines is 2. The van der Waals surface area contributed by atoms with Crippen molar-refractivity contribution >= 4 is 17.5 Å². The number of carbonyl (C=O) groups excluding carboxylic acids is 1. The summed E-state index contributed by atoms with van der Waals surface area (Å²) in [6.45, 7) is 1.74. The zero-order valence-corrected chi connectivity index (χ0v) is 14.6. The third-order valence-electron chi connectivity index (χ3n) is 4.54. The van der Waals surface area contributed by atoms with E-state index in [1.807, 2.05) is 30.3 Å². The van der Waals surface area contributed by atoms with E-state index < -0.39 is 0 Å². The van der Waals surface area contributed by atoms with Crippen LogP contribution < -0.4 is 15.5 Å². The molecule has 0 bridgehead atoms. The van der Waals surface area contributed by atoms with E-state index in [9.17, 15) is 4.79 Å². The maximum absolute atomic E-state index is 12.4. The topological polar surface area (TPSA) is 75.3 Å². The van der Waals surface area contributed by atoms with Crippen molar-refractivity contribution in [3.05, 3.63) is 54.8 Å². The van der Waals surface area contributed by atoms with Crippen LogP contribution in [0.4, 0.5) is 16.3 Å². The molecule has 7 nitrogen and oxygen atoms in total. The molecule has 26 heavy (non-hydrogen) atoms.